The van der Waals surface area contributed by atoms with Crippen LogP contribution in [0.2, 0.25) is 0 Å². The van der Waals surface area contributed by atoms with E-state index < -0.39 is 35.3 Å². The Morgan fingerprint density at radius 3 is 2.45 bits per heavy atom. The van der Waals surface area contributed by atoms with Crippen LogP contribution in [0.15, 0.2) is 41.0 Å². The molecule has 0 aliphatic rings. The smallest absolute Gasteiger partial charge is 0.416 e. The van der Waals surface area contributed by atoms with Gasteiger partial charge in [0, 0.05) is 5.56 Å². The van der Waals surface area contributed by atoms with E-state index in [0.717, 1.165) is 30.5 Å². The van der Waals surface area contributed by atoms with Gasteiger partial charge in [0.1, 0.15) is 23.6 Å². The van der Waals surface area contributed by atoms with Gasteiger partial charge in [0.2, 0.25) is 0 Å². The summed E-state index contributed by atoms with van der Waals surface area (Å²) in [5.41, 5.74) is -0.565. The summed E-state index contributed by atoms with van der Waals surface area (Å²) in [4.78, 5) is 16.4. The first-order chi connectivity index (χ1) is 15.5. The highest BCUT2D eigenvalue weighted by Crippen LogP contribution is 2.34. The minimum Gasteiger partial charge on any atom is -0.416 e. The maximum Gasteiger partial charge on any atom is 0.416 e. The first-order valence-electron chi connectivity index (χ1n) is 10.1. The number of nitrogens with zero attached hydrogens (tertiary/aromatic N) is 1. The van der Waals surface area contributed by atoms with Crippen LogP contribution in [0, 0.1) is 18.6 Å². The molecule has 5 nitrogen and oxygen atoms in total. The second kappa shape index (κ2) is 9.60. The molecular weight excluding hydrogens is 447 g/mol. The molecule has 0 aliphatic carbocycles. The van der Waals surface area contributed by atoms with Crippen molar-refractivity contribution in [1.82, 2.24) is 10.3 Å². The van der Waals surface area contributed by atoms with E-state index in [1.54, 1.807) is 0 Å². The Labute approximate surface area is 186 Å². The first kappa shape index (κ1) is 24.2. The molecule has 1 N–H and O–H groups in total. The zero-order valence-electron chi connectivity index (χ0n) is 18.0. The highest BCUT2D eigenvalue weighted by Gasteiger charge is 2.31. The van der Waals surface area contributed by atoms with E-state index in [2.05, 4.69) is 10.3 Å². The van der Waals surface area contributed by atoms with Gasteiger partial charge in [-0.3, -0.25) is 4.79 Å². The van der Waals surface area contributed by atoms with E-state index >= 15 is 0 Å². The van der Waals surface area contributed by atoms with Crippen LogP contribution in [-0.2, 0) is 12.6 Å². The topological polar surface area (TPSA) is 64.4 Å². The van der Waals surface area contributed by atoms with Gasteiger partial charge in [0.15, 0.2) is 5.69 Å². The minimum absolute atomic E-state index is 0.123. The fourth-order valence-electron chi connectivity index (χ4n) is 3.09. The third kappa shape index (κ3) is 5.68. The zero-order chi connectivity index (χ0) is 24.3. The molecule has 3 aromatic rings. The third-order valence-electron chi connectivity index (χ3n) is 4.97. The monoisotopic (exact) mass is 468 g/mol. The summed E-state index contributed by atoms with van der Waals surface area (Å²) >= 11 is 0. The molecule has 0 spiro atoms. The van der Waals surface area contributed by atoms with Gasteiger partial charge in [0.25, 0.3) is 5.91 Å². The molecule has 176 valence electrons. The van der Waals surface area contributed by atoms with Crippen molar-refractivity contribution in [3.05, 3.63) is 76.2 Å². The molecule has 2 aromatic carbocycles. The van der Waals surface area contributed by atoms with Gasteiger partial charge in [-0.15, -0.1) is 0 Å². The van der Waals surface area contributed by atoms with E-state index in [9.17, 15) is 26.7 Å². The van der Waals surface area contributed by atoms with Crippen molar-refractivity contribution in [2.45, 2.75) is 45.8 Å². The van der Waals surface area contributed by atoms with Crippen LogP contribution in [0.1, 0.15) is 59.1 Å². The quantitative estimate of drug-likeness (QED) is 0.401. The first-order valence-corrected chi connectivity index (χ1v) is 10.1. The molecule has 10 heteroatoms. The summed E-state index contributed by atoms with van der Waals surface area (Å²) in [6, 6.07) is 4.56. The predicted octanol–water partition coefficient (Wildman–Crippen LogP) is 6.52. The molecule has 3 rings (SSSR count). The van der Waals surface area contributed by atoms with Crippen LogP contribution in [0.3, 0.4) is 0 Å². The Kier molecular flexibility index (Phi) is 7.04. The van der Waals surface area contributed by atoms with Crippen LogP contribution >= 0.6 is 0 Å². The molecule has 0 radical (unpaired) electrons. The average Bonchev–Trinajstić information content (AvgIpc) is 3.21. The van der Waals surface area contributed by atoms with Crippen molar-refractivity contribution < 1.29 is 35.9 Å². The molecule has 1 aromatic heterocycles. The maximum absolute atomic E-state index is 13.8. The number of aryl methyl sites for hydroxylation is 1. The molecule has 0 bridgehead atoms. The number of oxazole rings is 1. The Balaban J connectivity index is 1.74. The van der Waals surface area contributed by atoms with Gasteiger partial charge >= 0.3 is 12.3 Å². The highest BCUT2D eigenvalue weighted by molar-refractivity contribution is 5.92. The molecule has 0 fully saturated rings. The molecule has 1 atom stereocenters. The zero-order valence-corrected chi connectivity index (χ0v) is 18.0. The van der Waals surface area contributed by atoms with Gasteiger partial charge in [-0.05, 0) is 61.7 Å². The number of benzene rings is 2. The number of ether oxygens (including phenoxy) is 1. The lowest BCUT2D eigenvalue weighted by molar-refractivity contribution is -0.137. The van der Waals surface area contributed by atoms with Crippen LogP contribution in [-0.4, -0.2) is 10.9 Å². The number of hydrogen-bond acceptors (Lipinski definition) is 4. The van der Waals surface area contributed by atoms with Crippen molar-refractivity contribution in [3.63, 3.8) is 0 Å². The normalized spacial score (nSPS) is 12.5. The van der Waals surface area contributed by atoms with Crippen molar-refractivity contribution in [1.29, 1.82) is 0 Å². The van der Waals surface area contributed by atoms with Gasteiger partial charge in [-0.2, -0.15) is 18.2 Å². The molecule has 0 aliphatic heterocycles. The van der Waals surface area contributed by atoms with Crippen molar-refractivity contribution in [2.75, 3.05) is 0 Å². The predicted molar refractivity (Wildman–Crippen MR) is 109 cm³/mol. The lowest BCUT2D eigenvalue weighted by Gasteiger charge is -2.14. The number of halogens is 5. The average molecular weight is 468 g/mol. The number of nitrogens with one attached hydrogen (secondary N) is 1. The number of amides is 1. The molecule has 33 heavy (non-hydrogen) atoms. The SMILES string of the molecule is CCCc1cc(C(F)(F)F)ccc1Oc1nc(C(=O)NC(C)c2cc(F)c(C)c(F)c2)co1. The second-order valence-electron chi connectivity index (χ2n) is 7.48. The molecule has 1 unspecified atom stereocenters. The summed E-state index contributed by atoms with van der Waals surface area (Å²) in [5.74, 6) is -2.04. The van der Waals surface area contributed by atoms with Gasteiger partial charge in [-0.1, -0.05) is 13.3 Å². The van der Waals surface area contributed by atoms with E-state index in [0.29, 0.717) is 18.4 Å². The summed E-state index contributed by atoms with van der Waals surface area (Å²) in [7, 11) is 0. The van der Waals surface area contributed by atoms with E-state index in [-0.39, 0.29) is 28.6 Å². The van der Waals surface area contributed by atoms with Crippen molar-refractivity contribution in [3.8, 4) is 11.8 Å². The fourth-order valence-corrected chi connectivity index (χ4v) is 3.09. The Hall–Kier alpha value is -3.43. The van der Waals surface area contributed by atoms with Gasteiger partial charge in [0.05, 0.1) is 11.6 Å². The van der Waals surface area contributed by atoms with E-state index in [1.165, 1.54) is 19.9 Å². The largest absolute Gasteiger partial charge is 0.416 e. The lowest BCUT2D eigenvalue weighted by atomic mass is 10.1. The van der Waals surface area contributed by atoms with E-state index in [1.807, 2.05) is 6.92 Å². The van der Waals surface area contributed by atoms with Gasteiger partial charge < -0.3 is 14.5 Å². The molecule has 1 amide bonds. The number of alkyl halides is 3. The van der Waals surface area contributed by atoms with E-state index in [4.69, 9.17) is 9.15 Å². The summed E-state index contributed by atoms with van der Waals surface area (Å²) in [6.45, 7) is 4.65. The summed E-state index contributed by atoms with van der Waals surface area (Å²) in [6.07, 6.45) is -2.91. The van der Waals surface area contributed by atoms with Crippen LogP contribution in [0.4, 0.5) is 22.0 Å². The van der Waals surface area contributed by atoms with Crippen LogP contribution in [0.5, 0.6) is 11.8 Å². The minimum atomic E-state index is -4.49. The third-order valence-corrected chi connectivity index (χ3v) is 4.97. The molecule has 0 saturated heterocycles. The number of hydrogen-bond donors (Lipinski definition) is 1. The molecule has 1 heterocycles. The molecule has 0 saturated carbocycles. The Bertz CT molecular complexity index is 1130. The van der Waals surface area contributed by atoms with Crippen LogP contribution in [0.25, 0.3) is 0 Å². The molecular formula is C23H21F5N2O3. The highest BCUT2D eigenvalue weighted by atomic mass is 19.4. The number of rotatable bonds is 7. The second-order valence-corrected chi connectivity index (χ2v) is 7.48. The maximum atomic E-state index is 13.8. The number of carbonyl (C=O) groups excluding carboxylic acids is 1. The lowest BCUT2D eigenvalue weighted by Crippen LogP contribution is -2.27. The van der Waals surface area contributed by atoms with Crippen LogP contribution < -0.4 is 10.1 Å². The Morgan fingerprint density at radius 2 is 1.85 bits per heavy atom. The van der Waals surface area contributed by atoms with Crippen molar-refractivity contribution >= 4 is 5.91 Å². The van der Waals surface area contributed by atoms with Crippen molar-refractivity contribution in [2.24, 2.45) is 0 Å². The number of carbonyl (C=O) groups is 1. The fraction of sp³-hybridized carbons (Fsp3) is 0.304. The Morgan fingerprint density at radius 1 is 1.18 bits per heavy atom. The number of aromatic nitrogens is 1. The summed E-state index contributed by atoms with van der Waals surface area (Å²) < 4.78 is 77.2. The van der Waals surface area contributed by atoms with Gasteiger partial charge in [-0.25, -0.2) is 8.78 Å². The standard InChI is InChI=1S/C23H21F5N2O3/c1-4-5-14-8-16(23(26,27)28)6-7-20(14)33-22-30-19(11-32-22)21(31)29-13(3)15-9-17(24)12(2)18(25)10-15/h6-11,13H,4-5H2,1-3H3,(H,29,31). The summed E-state index contributed by atoms with van der Waals surface area (Å²) in [5, 5.41) is 2.54.